The van der Waals surface area contributed by atoms with Crippen LogP contribution in [0.1, 0.15) is 26.2 Å². The molecule has 2 unspecified atom stereocenters. The smallest absolute Gasteiger partial charge is 0.111 e. The Balaban J connectivity index is 1.91. The van der Waals surface area contributed by atoms with Crippen LogP contribution in [0.15, 0.2) is 5.10 Å². The second-order valence-corrected chi connectivity index (χ2v) is 4.42. The van der Waals surface area contributed by atoms with Gasteiger partial charge < -0.3 is 4.90 Å². The van der Waals surface area contributed by atoms with Gasteiger partial charge in [-0.05, 0) is 25.2 Å². The molecule has 74 valence electrons. The Hall–Kier alpha value is -0.730. The maximum absolute atomic E-state index is 4.32. The quantitative estimate of drug-likeness (QED) is 0.608. The van der Waals surface area contributed by atoms with Gasteiger partial charge in [-0.3, -0.25) is 5.01 Å². The summed E-state index contributed by atoms with van der Waals surface area (Å²) in [5.74, 6) is 0.915. The maximum Gasteiger partial charge on any atom is 0.111 e. The van der Waals surface area contributed by atoms with Gasteiger partial charge >= 0.3 is 0 Å². The number of nitrogens with zero attached hydrogens (tertiary/aromatic N) is 3. The Morgan fingerprint density at radius 1 is 1.31 bits per heavy atom. The van der Waals surface area contributed by atoms with Crippen LogP contribution >= 0.6 is 0 Å². The predicted octanol–water partition coefficient (Wildman–Crippen LogP) is 1.37. The highest BCUT2D eigenvalue weighted by Crippen LogP contribution is 2.28. The number of hydrogen-bond acceptors (Lipinski definition) is 3. The lowest BCUT2D eigenvalue weighted by atomic mass is 10.1. The zero-order valence-electron chi connectivity index (χ0n) is 8.61. The molecule has 13 heavy (non-hydrogen) atoms. The van der Waals surface area contributed by atoms with Crippen molar-refractivity contribution in [3.8, 4) is 0 Å². The summed E-state index contributed by atoms with van der Waals surface area (Å²) in [6, 6.07) is 0.771. The first kappa shape index (κ1) is 8.85. The molecule has 0 N–H and O–H groups in total. The average molecular weight is 181 g/mol. The Labute approximate surface area is 80.4 Å². The molecule has 2 aliphatic rings. The summed E-state index contributed by atoms with van der Waals surface area (Å²) in [7, 11) is 2.03. The van der Waals surface area contributed by atoms with Crippen LogP contribution < -0.4 is 0 Å². The normalized spacial score (nSPS) is 34.3. The predicted molar refractivity (Wildman–Crippen MR) is 54.6 cm³/mol. The van der Waals surface area contributed by atoms with E-state index in [1.165, 1.54) is 19.3 Å². The third-order valence-corrected chi connectivity index (χ3v) is 3.22. The van der Waals surface area contributed by atoms with Crippen LogP contribution in [0, 0.1) is 5.92 Å². The van der Waals surface area contributed by atoms with Gasteiger partial charge in [-0.25, -0.2) is 0 Å². The van der Waals surface area contributed by atoms with Crippen molar-refractivity contribution < 1.29 is 0 Å². The molecule has 3 nitrogen and oxygen atoms in total. The summed E-state index contributed by atoms with van der Waals surface area (Å²) in [4.78, 5) is 2.42. The van der Waals surface area contributed by atoms with E-state index in [2.05, 4.69) is 16.9 Å². The van der Waals surface area contributed by atoms with Gasteiger partial charge in [-0.1, -0.05) is 6.92 Å². The molecule has 1 aliphatic heterocycles. The first-order valence-corrected chi connectivity index (χ1v) is 5.26. The van der Waals surface area contributed by atoms with Gasteiger partial charge in [0.1, 0.15) is 6.34 Å². The summed E-state index contributed by atoms with van der Waals surface area (Å²) in [6.45, 7) is 4.58. The largest absolute Gasteiger partial charge is 0.356 e. The molecular formula is C10H19N3. The number of rotatable bonds is 1. The van der Waals surface area contributed by atoms with Crippen molar-refractivity contribution in [1.82, 2.24) is 9.91 Å². The lowest BCUT2D eigenvalue weighted by molar-refractivity contribution is 0.228. The van der Waals surface area contributed by atoms with Crippen molar-refractivity contribution in [2.24, 2.45) is 11.0 Å². The van der Waals surface area contributed by atoms with Gasteiger partial charge in [-0.2, -0.15) is 5.10 Å². The molecule has 0 aromatic heterocycles. The van der Waals surface area contributed by atoms with Crippen molar-refractivity contribution in [3.63, 3.8) is 0 Å². The monoisotopic (exact) mass is 181 g/mol. The van der Waals surface area contributed by atoms with Crippen LogP contribution in [0.3, 0.4) is 0 Å². The minimum absolute atomic E-state index is 0.771. The second kappa shape index (κ2) is 3.56. The van der Waals surface area contributed by atoms with E-state index in [0.717, 1.165) is 25.0 Å². The van der Waals surface area contributed by atoms with Gasteiger partial charge in [0.25, 0.3) is 0 Å². The van der Waals surface area contributed by atoms with Crippen LogP contribution in [0.5, 0.6) is 0 Å². The molecule has 1 aliphatic carbocycles. The summed E-state index contributed by atoms with van der Waals surface area (Å²) in [5, 5.41) is 6.32. The van der Waals surface area contributed by atoms with Crippen molar-refractivity contribution in [3.05, 3.63) is 0 Å². The van der Waals surface area contributed by atoms with E-state index < -0.39 is 0 Å². The van der Waals surface area contributed by atoms with E-state index in [4.69, 9.17) is 0 Å². The lowest BCUT2D eigenvalue weighted by Gasteiger charge is -2.32. The van der Waals surface area contributed by atoms with Gasteiger partial charge in [0.05, 0.1) is 6.54 Å². The molecule has 2 atom stereocenters. The van der Waals surface area contributed by atoms with Gasteiger partial charge in [0, 0.05) is 19.6 Å². The van der Waals surface area contributed by atoms with Crippen LogP contribution in [0.2, 0.25) is 0 Å². The van der Waals surface area contributed by atoms with E-state index in [1.807, 2.05) is 18.4 Å². The molecule has 0 aromatic rings. The summed E-state index contributed by atoms with van der Waals surface area (Å²) in [6.07, 6.45) is 6.13. The van der Waals surface area contributed by atoms with E-state index in [0.29, 0.717) is 0 Å². The average Bonchev–Trinajstić information content (AvgIpc) is 2.53. The highest BCUT2D eigenvalue weighted by Gasteiger charge is 2.26. The Morgan fingerprint density at radius 2 is 2.15 bits per heavy atom. The SMILES string of the molecule is CC1CCC(N2C=NN(C)CC2)C1. The van der Waals surface area contributed by atoms with Crippen molar-refractivity contribution in [1.29, 1.82) is 0 Å². The molecule has 1 fully saturated rings. The molecule has 0 amide bonds. The van der Waals surface area contributed by atoms with Gasteiger partial charge in [0.15, 0.2) is 0 Å². The summed E-state index contributed by atoms with van der Waals surface area (Å²) < 4.78 is 0. The van der Waals surface area contributed by atoms with Crippen LogP contribution in [0.4, 0.5) is 0 Å². The first-order chi connectivity index (χ1) is 6.25. The molecule has 1 heterocycles. The standard InChI is InChI=1S/C10H19N3/c1-9-3-4-10(7-9)13-6-5-12(2)11-8-13/h8-10H,3-7H2,1-2H3. The Bertz CT molecular complexity index is 202. The van der Waals surface area contributed by atoms with Gasteiger partial charge in [-0.15, -0.1) is 0 Å². The molecule has 0 bridgehead atoms. The van der Waals surface area contributed by atoms with Crippen LogP contribution in [-0.4, -0.2) is 42.4 Å². The zero-order valence-corrected chi connectivity index (χ0v) is 8.61. The highest BCUT2D eigenvalue weighted by molar-refractivity contribution is 5.55. The molecular weight excluding hydrogens is 162 g/mol. The van der Waals surface area contributed by atoms with E-state index >= 15 is 0 Å². The molecule has 0 spiro atoms. The Morgan fingerprint density at radius 3 is 2.69 bits per heavy atom. The molecule has 0 saturated heterocycles. The first-order valence-electron chi connectivity index (χ1n) is 5.26. The van der Waals surface area contributed by atoms with E-state index in [1.54, 1.807) is 0 Å². The van der Waals surface area contributed by atoms with Crippen molar-refractivity contribution in [2.45, 2.75) is 32.2 Å². The Kier molecular flexibility index (Phi) is 2.42. The lowest BCUT2D eigenvalue weighted by Crippen LogP contribution is -2.41. The summed E-state index contributed by atoms with van der Waals surface area (Å²) >= 11 is 0. The summed E-state index contributed by atoms with van der Waals surface area (Å²) in [5.41, 5.74) is 0. The van der Waals surface area contributed by atoms with Gasteiger partial charge in [0.2, 0.25) is 0 Å². The third kappa shape index (κ3) is 1.95. The van der Waals surface area contributed by atoms with Crippen molar-refractivity contribution in [2.75, 3.05) is 20.1 Å². The maximum atomic E-state index is 4.32. The number of hydrazone groups is 1. The fraction of sp³-hybridized carbons (Fsp3) is 0.900. The highest BCUT2D eigenvalue weighted by atomic mass is 15.5. The number of likely N-dealkylation sites (N-methyl/N-ethyl adjacent to an activating group) is 1. The fourth-order valence-corrected chi connectivity index (χ4v) is 2.29. The topological polar surface area (TPSA) is 18.8 Å². The third-order valence-electron chi connectivity index (χ3n) is 3.22. The zero-order chi connectivity index (χ0) is 9.26. The molecule has 1 saturated carbocycles. The minimum atomic E-state index is 0.771. The van der Waals surface area contributed by atoms with E-state index in [-0.39, 0.29) is 0 Å². The molecule has 0 aromatic carbocycles. The van der Waals surface area contributed by atoms with Crippen molar-refractivity contribution >= 4 is 6.34 Å². The molecule has 2 rings (SSSR count). The minimum Gasteiger partial charge on any atom is -0.356 e. The fourth-order valence-electron chi connectivity index (χ4n) is 2.29. The van der Waals surface area contributed by atoms with E-state index in [9.17, 15) is 0 Å². The second-order valence-electron chi connectivity index (χ2n) is 4.42. The van der Waals surface area contributed by atoms with Crippen LogP contribution in [-0.2, 0) is 0 Å². The molecule has 3 heteroatoms. The number of hydrogen-bond donors (Lipinski definition) is 0. The van der Waals surface area contributed by atoms with Crippen LogP contribution in [0.25, 0.3) is 0 Å². The molecule has 0 radical (unpaired) electrons.